The van der Waals surface area contributed by atoms with Gasteiger partial charge in [0, 0.05) is 6.21 Å². The molecule has 2 rings (SSSR count). The number of nitrogens with one attached hydrogen (secondary N) is 6. The zero-order chi connectivity index (χ0) is 46.0. The number of aliphatic hydroxyl groups is 1. The van der Waals surface area contributed by atoms with Gasteiger partial charge in [0.1, 0.15) is 11.8 Å². The van der Waals surface area contributed by atoms with Crippen molar-refractivity contribution < 1.29 is 43.8 Å². The molecule has 328 valence electrons. The zero-order valence-electron chi connectivity index (χ0n) is 31.6. The molecule has 0 radical (unpaired) electrons. The molecule has 0 aliphatic carbocycles. The van der Waals surface area contributed by atoms with Crippen LogP contribution in [0.25, 0.3) is 0 Å². The van der Waals surface area contributed by atoms with Crippen LogP contribution in [-0.2, 0) is 33.6 Å². The maximum atomic E-state index is 13.7. The van der Waals surface area contributed by atoms with Crippen molar-refractivity contribution in [2.75, 3.05) is 0 Å². The molecule has 0 aromatic heterocycles. The highest BCUT2D eigenvalue weighted by Gasteiger charge is 2.34. The summed E-state index contributed by atoms with van der Waals surface area (Å²) in [6.45, 7) is 0. The van der Waals surface area contributed by atoms with Gasteiger partial charge in [0.05, 0.1) is 0 Å². The number of carbonyl (C=O) groups excluding carboxylic acids is 7. The average molecular weight is 856 g/mol. The molecule has 7 amide bonds. The van der Waals surface area contributed by atoms with Crippen molar-refractivity contribution in [3.05, 3.63) is 65.7 Å². The Labute approximate surface area is 343 Å². The molecule has 0 saturated heterocycles. The Hall–Kier alpha value is -8.80. The molecule has 7 unspecified atom stereocenters. The van der Waals surface area contributed by atoms with Crippen LogP contribution in [0.2, 0.25) is 0 Å². The second kappa shape index (κ2) is 22.8. The molecule has 28 N–H and O–H groups in total. The van der Waals surface area contributed by atoms with Gasteiger partial charge in [0.15, 0.2) is 30.0 Å². The van der Waals surface area contributed by atoms with E-state index in [0.29, 0.717) is 5.56 Å². The highest BCUT2D eigenvalue weighted by molar-refractivity contribution is 5.99. The first-order valence-electron chi connectivity index (χ1n) is 16.8. The molecule has 30 heteroatoms. The van der Waals surface area contributed by atoms with Gasteiger partial charge in [0.25, 0.3) is 35.4 Å². The number of guanidine groups is 4. The number of aliphatic hydroxyl groups excluding tert-OH is 1. The molecule has 0 aliphatic rings. The maximum absolute atomic E-state index is 13.7. The van der Waals surface area contributed by atoms with E-state index in [2.05, 4.69) is 35.6 Å². The van der Waals surface area contributed by atoms with E-state index in [1.807, 2.05) is 21.3 Å². The van der Waals surface area contributed by atoms with E-state index in [1.54, 1.807) is 6.07 Å². The van der Waals surface area contributed by atoms with Crippen molar-refractivity contribution >= 4 is 71.4 Å². The lowest BCUT2D eigenvalue weighted by Crippen LogP contribution is -2.60. The summed E-state index contributed by atoms with van der Waals surface area (Å²) in [6, 6.07) is 11.3. The fraction of sp³-hybridized carbons (Fsp3) is 0.226. The highest BCUT2D eigenvalue weighted by Crippen LogP contribution is 2.14. The first kappa shape index (κ1) is 48.3. The lowest BCUT2D eigenvalue weighted by atomic mass is 10.1. The van der Waals surface area contributed by atoms with Crippen LogP contribution in [0.4, 0.5) is 0 Å². The molecule has 0 bridgehead atoms. The number of phenols is 1. The summed E-state index contributed by atoms with van der Waals surface area (Å²) in [6.07, 6.45) is -11.2. The van der Waals surface area contributed by atoms with Crippen molar-refractivity contribution in [2.24, 2.45) is 82.3 Å². The van der Waals surface area contributed by atoms with Crippen LogP contribution in [0.15, 0.2) is 79.6 Å². The SMILES string of the molecule is NC(=O)C(N)NC(=O)C(N=C(N)N)NC(=O)C(N=C(N)N)NC(=O)C(N=C(N)N)NC(=O)C(N=C(N)N)NC(=O)C(NC(=O)C(O)N=Cc1ccc(O)cc1)c1ccccc1. The molecule has 0 fully saturated rings. The fourth-order valence-electron chi connectivity index (χ4n) is 4.33. The zero-order valence-corrected chi connectivity index (χ0v) is 31.6. The predicted molar refractivity (Wildman–Crippen MR) is 215 cm³/mol. The van der Waals surface area contributed by atoms with Crippen molar-refractivity contribution in [3.8, 4) is 5.75 Å². The van der Waals surface area contributed by atoms with Crippen LogP contribution in [0, 0.1) is 0 Å². The Balaban J connectivity index is 2.39. The third kappa shape index (κ3) is 16.7. The molecule has 7 atom stereocenters. The lowest BCUT2D eigenvalue weighted by molar-refractivity contribution is -0.136. The number of aromatic hydroxyl groups is 1. The molecular weight excluding hydrogens is 810 g/mol. The molecular formula is C31H45N21O9. The highest BCUT2D eigenvalue weighted by atomic mass is 16.3. The number of amides is 7. The monoisotopic (exact) mass is 855 g/mol. The minimum atomic E-state index is -2.19. The van der Waals surface area contributed by atoms with Crippen LogP contribution in [-0.4, -0.2) is 119 Å². The first-order chi connectivity index (χ1) is 28.6. The molecule has 0 aliphatic heterocycles. The summed E-state index contributed by atoms with van der Waals surface area (Å²) in [7, 11) is 0. The van der Waals surface area contributed by atoms with Gasteiger partial charge in [-0.15, -0.1) is 0 Å². The second-order valence-electron chi connectivity index (χ2n) is 11.8. The fourth-order valence-corrected chi connectivity index (χ4v) is 4.33. The van der Waals surface area contributed by atoms with Crippen LogP contribution >= 0.6 is 0 Å². The average Bonchev–Trinajstić information content (AvgIpc) is 3.17. The molecule has 2 aromatic carbocycles. The van der Waals surface area contributed by atoms with E-state index in [9.17, 15) is 43.8 Å². The van der Waals surface area contributed by atoms with Gasteiger partial charge in [-0.25, -0.2) is 20.0 Å². The Morgan fingerprint density at radius 3 is 1.26 bits per heavy atom. The quantitative estimate of drug-likeness (QED) is 0.0334. The summed E-state index contributed by atoms with van der Waals surface area (Å²) in [4.78, 5) is 109. The summed E-state index contributed by atoms with van der Waals surface area (Å²) in [5.74, 6) is -12.2. The third-order valence-corrected chi connectivity index (χ3v) is 7.00. The number of carbonyl (C=O) groups is 7. The number of phenolic OH excluding ortho intramolecular Hbond substituents is 1. The minimum Gasteiger partial charge on any atom is -0.508 e. The van der Waals surface area contributed by atoms with Crippen molar-refractivity contribution in [3.63, 3.8) is 0 Å². The normalized spacial score (nSPS) is 14.0. The van der Waals surface area contributed by atoms with Gasteiger partial charge in [-0.05, 0) is 35.4 Å². The van der Waals surface area contributed by atoms with E-state index in [4.69, 9.17) is 57.3 Å². The molecule has 30 nitrogen and oxygen atoms in total. The topological polar surface area (TPSA) is 554 Å². The second-order valence-corrected chi connectivity index (χ2v) is 11.8. The van der Waals surface area contributed by atoms with Gasteiger partial charge >= 0.3 is 0 Å². The Bertz CT molecular complexity index is 2060. The van der Waals surface area contributed by atoms with Crippen LogP contribution < -0.4 is 89.2 Å². The molecule has 0 saturated carbocycles. The minimum absolute atomic E-state index is 0.0398. The summed E-state index contributed by atoms with van der Waals surface area (Å²) >= 11 is 0. The van der Waals surface area contributed by atoms with E-state index in [-0.39, 0.29) is 11.3 Å². The van der Waals surface area contributed by atoms with Gasteiger partial charge in [-0.2, -0.15) is 0 Å². The van der Waals surface area contributed by atoms with Crippen LogP contribution in [0.1, 0.15) is 17.2 Å². The molecule has 61 heavy (non-hydrogen) atoms. The van der Waals surface area contributed by atoms with Gasteiger partial charge in [0.2, 0.25) is 36.8 Å². The predicted octanol–water partition coefficient (Wildman–Crippen LogP) is -10.3. The number of rotatable bonds is 20. The Morgan fingerprint density at radius 1 is 0.508 bits per heavy atom. The largest absolute Gasteiger partial charge is 0.508 e. The van der Waals surface area contributed by atoms with Crippen molar-refractivity contribution in [1.82, 2.24) is 31.9 Å². The van der Waals surface area contributed by atoms with E-state index in [1.165, 1.54) is 48.5 Å². The summed E-state index contributed by atoms with van der Waals surface area (Å²) in [5, 5.41) is 32.3. The molecule has 2 aromatic rings. The standard InChI is InChI=1S/C31H45N21O9/c32-15(16(33)54)44-22(56)17(49-28(34)35)46-24(58)19(51-30(38)39)48-25(59)20(52-31(40)41)47-23(57)18(50-29(36)37)45-21(55)14(12-4-2-1-3-5-12)43-27(61)26(60)42-10-11-6-8-13(53)9-7-11/h1-10,14-15,17-20,26,53,60H,32H2,(H2,33,54)(H,43,61)(H,44,56)(H,45,55)(H,46,58)(H,47,57)(H,48,59)(H4,34,35,49)(H4,36,37,50)(H4,38,39,51)(H4,40,41,52). The van der Waals surface area contributed by atoms with E-state index < -0.39 is 108 Å². The number of nitrogens with zero attached hydrogens (tertiary/aromatic N) is 5. The van der Waals surface area contributed by atoms with Crippen LogP contribution in [0.3, 0.4) is 0 Å². The number of benzene rings is 2. The van der Waals surface area contributed by atoms with Crippen molar-refractivity contribution in [1.29, 1.82) is 0 Å². The van der Waals surface area contributed by atoms with Crippen molar-refractivity contribution in [2.45, 2.75) is 43.1 Å². The lowest BCUT2D eigenvalue weighted by Gasteiger charge is -2.24. The first-order valence-corrected chi connectivity index (χ1v) is 16.8. The number of hydrogen-bond donors (Lipinski definition) is 18. The Kier molecular flexibility index (Phi) is 18.1. The number of aliphatic imine (C=N–C) groups is 5. The number of primary amides is 1. The Morgan fingerprint density at radius 2 is 0.885 bits per heavy atom. The summed E-state index contributed by atoms with van der Waals surface area (Å²) < 4.78 is 0. The summed E-state index contributed by atoms with van der Waals surface area (Å²) in [5.41, 5.74) is 54.4. The van der Waals surface area contributed by atoms with E-state index >= 15 is 0 Å². The smallest absolute Gasteiger partial charge is 0.272 e. The molecule has 0 spiro atoms. The van der Waals surface area contributed by atoms with Crippen LogP contribution in [0.5, 0.6) is 5.75 Å². The number of hydrogen-bond acceptors (Lipinski definition) is 15. The third-order valence-electron chi connectivity index (χ3n) is 7.00. The molecule has 0 heterocycles. The maximum Gasteiger partial charge on any atom is 0.272 e. The van der Waals surface area contributed by atoms with E-state index in [0.717, 1.165) is 6.21 Å². The van der Waals surface area contributed by atoms with Gasteiger partial charge in [-0.3, -0.25) is 38.6 Å². The van der Waals surface area contributed by atoms with Gasteiger partial charge < -0.3 is 99.5 Å². The van der Waals surface area contributed by atoms with Gasteiger partial charge in [-0.1, -0.05) is 30.3 Å². The number of nitrogens with two attached hydrogens (primary N) is 10.